The summed E-state index contributed by atoms with van der Waals surface area (Å²) in [5.74, 6) is 1.52. The van der Waals surface area contributed by atoms with E-state index in [1.807, 2.05) is 24.4 Å². The third kappa shape index (κ3) is 5.21. The van der Waals surface area contributed by atoms with E-state index < -0.39 is 0 Å². The molecule has 0 radical (unpaired) electrons. The third-order valence-corrected chi connectivity index (χ3v) is 10.1. The Morgan fingerprint density at radius 3 is 2.76 bits per heavy atom. The van der Waals surface area contributed by atoms with Crippen LogP contribution in [0.2, 0.25) is 0 Å². The number of hydrogen-bond donors (Lipinski definition) is 5. The Morgan fingerprint density at radius 2 is 1.93 bits per heavy atom. The van der Waals surface area contributed by atoms with Crippen molar-refractivity contribution in [3.63, 3.8) is 0 Å². The number of hydrazine groups is 1. The van der Waals surface area contributed by atoms with Gasteiger partial charge in [-0.25, -0.2) is 10.4 Å². The molecule has 5 N–H and O–H groups in total. The van der Waals surface area contributed by atoms with E-state index in [4.69, 9.17) is 4.98 Å². The number of imidazole rings is 1. The van der Waals surface area contributed by atoms with E-state index in [-0.39, 0.29) is 35.7 Å². The molecular weight excluding hydrogens is 534 g/mol. The Kier molecular flexibility index (Phi) is 7.16. The van der Waals surface area contributed by atoms with Gasteiger partial charge in [-0.15, -0.1) is 11.3 Å². The number of aromatic amines is 1. The number of carbonyl (C=O) groups is 2. The fourth-order valence-electron chi connectivity index (χ4n) is 6.69. The van der Waals surface area contributed by atoms with Gasteiger partial charge in [-0.05, 0) is 56.0 Å². The second-order valence-corrected chi connectivity index (χ2v) is 12.7. The van der Waals surface area contributed by atoms with Crippen molar-refractivity contribution in [3.8, 4) is 10.4 Å². The molecule has 0 spiro atoms. The highest BCUT2D eigenvalue weighted by molar-refractivity contribution is 7.17. The number of ketones is 1. The SMILES string of the molecule is CC(=O)c1ccc(-c2cccc3[nH]c(C4NNC5CNC(c6cncc(NC(=O)C7CCCCC7)c6)CC54)nc23)s1. The van der Waals surface area contributed by atoms with Crippen molar-refractivity contribution in [2.24, 2.45) is 11.8 Å². The predicted octanol–water partition coefficient (Wildman–Crippen LogP) is 5.28. The second-order valence-electron chi connectivity index (χ2n) is 11.6. The summed E-state index contributed by atoms with van der Waals surface area (Å²) in [4.78, 5) is 39.6. The monoisotopic (exact) mass is 569 g/mol. The van der Waals surface area contributed by atoms with Crippen LogP contribution < -0.4 is 21.5 Å². The smallest absolute Gasteiger partial charge is 0.227 e. The number of hydrogen-bond acceptors (Lipinski definition) is 8. The third-order valence-electron chi connectivity index (χ3n) is 8.91. The van der Waals surface area contributed by atoms with Crippen LogP contribution in [0.3, 0.4) is 0 Å². The number of carbonyl (C=O) groups excluding carboxylic acids is 2. The molecule has 0 bridgehead atoms. The summed E-state index contributed by atoms with van der Waals surface area (Å²) < 4.78 is 0. The van der Waals surface area contributed by atoms with Gasteiger partial charge in [0.25, 0.3) is 0 Å². The van der Waals surface area contributed by atoms with Crippen molar-refractivity contribution >= 4 is 39.7 Å². The molecule has 1 aromatic carbocycles. The highest BCUT2D eigenvalue weighted by Gasteiger charge is 2.42. The zero-order valence-corrected chi connectivity index (χ0v) is 23.9. The predicted molar refractivity (Wildman–Crippen MR) is 161 cm³/mol. The number of fused-ring (bicyclic) bond motifs is 2. The topological polar surface area (TPSA) is 124 Å². The average molecular weight is 570 g/mol. The Morgan fingerprint density at radius 1 is 1.05 bits per heavy atom. The van der Waals surface area contributed by atoms with Gasteiger partial charge in [-0.3, -0.25) is 20.0 Å². The highest BCUT2D eigenvalue weighted by Crippen LogP contribution is 2.40. The van der Waals surface area contributed by atoms with Gasteiger partial charge >= 0.3 is 0 Å². The number of para-hydroxylation sites is 1. The summed E-state index contributed by atoms with van der Waals surface area (Å²) >= 11 is 1.51. The maximum atomic E-state index is 12.8. The number of H-pyrrole nitrogens is 1. The molecule has 3 aliphatic rings. The maximum Gasteiger partial charge on any atom is 0.227 e. The Balaban J connectivity index is 1.10. The van der Waals surface area contributed by atoms with Crippen molar-refractivity contribution < 1.29 is 9.59 Å². The number of thiophene rings is 1. The lowest BCUT2D eigenvalue weighted by Gasteiger charge is -2.34. The number of piperidine rings is 1. The molecule has 3 aromatic heterocycles. The van der Waals surface area contributed by atoms with Crippen molar-refractivity contribution in [2.45, 2.75) is 63.6 Å². The lowest BCUT2D eigenvalue weighted by Crippen LogP contribution is -2.46. The van der Waals surface area contributed by atoms with Gasteiger partial charge in [0.1, 0.15) is 5.82 Å². The van der Waals surface area contributed by atoms with Crippen molar-refractivity contribution in [2.75, 3.05) is 11.9 Å². The minimum atomic E-state index is 0.0168. The fraction of sp³-hybridized carbons (Fsp3) is 0.419. The molecule has 1 amide bonds. The molecule has 4 unspecified atom stereocenters. The number of nitrogens with one attached hydrogen (secondary N) is 5. The normalized spacial score (nSPS) is 24.8. The summed E-state index contributed by atoms with van der Waals surface area (Å²) in [6.07, 6.45) is 10.00. The minimum absolute atomic E-state index is 0.0168. The number of pyridine rings is 1. The Labute approximate surface area is 242 Å². The highest BCUT2D eigenvalue weighted by atomic mass is 32.1. The molecule has 10 heteroatoms. The van der Waals surface area contributed by atoms with Crippen LogP contribution in [0.25, 0.3) is 21.5 Å². The van der Waals surface area contributed by atoms with Gasteiger partial charge in [0.05, 0.1) is 33.8 Å². The first-order valence-electron chi connectivity index (χ1n) is 14.6. The second kappa shape index (κ2) is 11.1. The van der Waals surface area contributed by atoms with E-state index >= 15 is 0 Å². The van der Waals surface area contributed by atoms with Gasteiger partial charge in [0.2, 0.25) is 5.91 Å². The molecule has 3 fully saturated rings. The Hall–Kier alpha value is -3.44. The lowest BCUT2D eigenvalue weighted by molar-refractivity contribution is -0.120. The van der Waals surface area contributed by atoms with Crippen LogP contribution in [0.15, 0.2) is 48.8 Å². The number of aromatic nitrogens is 3. The van der Waals surface area contributed by atoms with Crippen molar-refractivity contribution in [1.29, 1.82) is 0 Å². The largest absolute Gasteiger partial charge is 0.341 e. The summed E-state index contributed by atoms with van der Waals surface area (Å²) in [5.41, 5.74) is 11.8. The van der Waals surface area contributed by atoms with Crippen molar-refractivity contribution in [1.82, 2.24) is 31.1 Å². The standard InChI is InChI=1S/C31H35N7O2S/c1-17(39)26-10-11-27(41-26)21-8-5-9-23-28(21)36-30(35-23)29-22-13-24(33-16-25(22)37-38-29)19-12-20(15-32-14-19)34-31(40)18-6-3-2-4-7-18/h5,8-12,14-15,18,22,24-25,29,33,37-38H,2-4,6-7,13,16H2,1H3,(H,34,40)(H,35,36). The van der Waals surface area contributed by atoms with E-state index in [9.17, 15) is 9.59 Å². The maximum absolute atomic E-state index is 12.8. The zero-order valence-electron chi connectivity index (χ0n) is 23.1. The van der Waals surface area contributed by atoms with E-state index in [2.05, 4.69) is 49.7 Å². The van der Waals surface area contributed by atoms with E-state index in [1.165, 1.54) is 17.8 Å². The molecule has 1 saturated carbocycles. The number of anilines is 1. The number of rotatable bonds is 6. The summed E-state index contributed by atoms with van der Waals surface area (Å²) in [5, 5.41) is 6.81. The minimum Gasteiger partial charge on any atom is -0.341 e. The van der Waals surface area contributed by atoms with Crippen LogP contribution in [0.5, 0.6) is 0 Å². The number of amides is 1. The van der Waals surface area contributed by atoms with Crippen LogP contribution in [0.4, 0.5) is 5.69 Å². The van der Waals surface area contributed by atoms with Gasteiger partial charge in [-0.1, -0.05) is 31.4 Å². The van der Waals surface area contributed by atoms with Gasteiger partial charge in [0, 0.05) is 47.1 Å². The van der Waals surface area contributed by atoms with Gasteiger partial charge in [-0.2, -0.15) is 0 Å². The molecule has 2 aliphatic heterocycles. The summed E-state index contributed by atoms with van der Waals surface area (Å²) in [6, 6.07) is 12.5. The molecule has 4 aromatic rings. The van der Waals surface area contributed by atoms with Crippen molar-refractivity contribution in [3.05, 3.63) is 65.1 Å². The summed E-state index contributed by atoms with van der Waals surface area (Å²) in [6.45, 7) is 2.41. The summed E-state index contributed by atoms with van der Waals surface area (Å²) in [7, 11) is 0. The quantitative estimate of drug-likeness (QED) is 0.200. The molecule has 212 valence electrons. The molecular formula is C31H35N7O2S. The van der Waals surface area contributed by atoms with E-state index in [0.717, 1.165) is 82.1 Å². The number of benzene rings is 1. The molecule has 5 heterocycles. The van der Waals surface area contributed by atoms with Crippen LogP contribution in [-0.2, 0) is 4.79 Å². The van der Waals surface area contributed by atoms with Crippen LogP contribution in [0.1, 0.15) is 78.6 Å². The number of nitrogens with zero attached hydrogens (tertiary/aromatic N) is 2. The van der Waals surface area contributed by atoms with Crippen LogP contribution >= 0.6 is 11.3 Å². The zero-order chi connectivity index (χ0) is 27.9. The molecule has 1 aliphatic carbocycles. The average Bonchev–Trinajstić information content (AvgIpc) is 3.75. The first-order valence-corrected chi connectivity index (χ1v) is 15.4. The molecule has 9 nitrogen and oxygen atoms in total. The first-order chi connectivity index (χ1) is 20.0. The van der Waals surface area contributed by atoms with E-state index in [0.29, 0.717) is 5.92 Å². The van der Waals surface area contributed by atoms with Crippen LogP contribution in [-0.4, -0.2) is 39.2 Å². The lowest BCUT2D eigenvalue weighted by atomic mass is 9.82. The molecule has 7 rings (SSSR count). The molecule has 4 atom stereocenters. The number of Topliss-reactive ketones (excluding diaryl/α,β-unsaturated/α-hetero) is 1. The first kappa shape index (κ1) is 26.5. The van der Waals surface area contributed by atoms with E-state index in [1.54, 1.807) is 13.1 Å². The van der Waals surface area contributed by atoms with Gasteiger partial charge in [0.15, 0.2) is 5.78 Å². The van der Waals surface area contributed by atoms with Crippen LogP contribution in [0, 0.1) is 11.8 Å². The fourth-order valence-corrected chi connectivity index (χ4v) is 7.62. The molecule has 41 heavy (non-hydrogen) atoms. The van der Waals surface area contributed by atoms with Gasteiger partial charge < -0.3 is 15.6 Å². The Bertz CT molecular complexity index is 1590. The molecule has 2 saturated heterocycles.